The van der Waals surface area contributed by atoms with E-state index in [1.165, 1.54) is 4.57 Å². The highest BCUT2D eigenvalue weighted by Crippen LogP contribution is 2.35. The molecule has 1 aliphatic rings. The number of hydrogen-bond acceptors (Lipinski definition) is 7. The zero-order valence-electron chi connectivity index (χ0n) is 21.6. The molecule has 0 saturated heterocycles. The summed E-state index contributed by atoms with van der Waals surface area (Å²) in [5.74, 6) is 0.351. The van der Waals surface area contributed by atoms with Crippen molar-refractivity contribution in [1.82, 2.24) is 9.55 Å². The van der Waals surface area contributed by atoms with Crippen LogP contribution in [-0.4, -0.2) is 41.2 Å². The maximum absolute atomic E-state index is 13.6. The van der Waals surface area contributed by atoms with E-state index in [0.717, 1.165) is 16.8 Å². The van der Waals surface area contributed by atoms with Gasteiger partial charge in [0.15, 0.2) is 0 Å². The molecular weight excluding hydrogens is 480 g/mol. The SMILES string of the molecule is CN(C)c1ccc2c(c1)CCN(c1cccc(-c3cc(Nc4cc(N)ccn4)c(=O)n(C)c3)c1CO)C2=O. The number of carbonyl (C=O) groups is 1. The van der Waals surface area contributed by atoms with Crippen molar-refractivity contribution in [3.8, 4) is 11.1 Å². The zero-order chi connectivity index (χ0) is 27.0. The Bertz CT molecular complexity index is 1590. The lowest BCUT2D eigenvalue weighted by atomic mass is 9.94. The van der Waals surface area contributed by atoms with Crippen molar-refractivity contribution in [2.24, 2.45) is 7.05 Å². The third-order valence-electron chi connectivity index (χ3n) is 6.83. The molecule has 0 saturated carbocycles. The largest absolute Gasteiger partial charge is 0.399 e. The van der Waals surface area contributed by atoms with Crippen LogP contribution in [0, 0.1) is 0 Å². The highest BCUT2D eigenvalue weighted by molar-refractivity contribution is 6.09. The molecule has 3 heterocycles. The van der Waals surface area contributed by atoms with Crippen molar-refractivity contribution in [1.29, 1.82) is 0 Å². The van der Waals surface area contributed by atoms with Gasteiger partial charge >= 0.3 is 0 Å². The van der Waals surface area contributed by atoms with Gasteiger partial charge in [0, 0.05) is 74.2 Å². The van der Waals surface area contributed by atoms with Gasteiger partial charge in [-0.2, -0.15) is 0 Å². The first-order valence-corrected chi connectivity index (χ1v) is 12.3. The van der Waals surface area contributed by atoms with Crippen LogP contribution in [0.25, 0.3) is 11.1 Å². The Morgan fingerprint density at radius 1 is 1.08 bits per heavy atom. The second kappa shape index (κ2) is 10.0. The van der Waals surface area contributed by atoms with Crippen LogP contribution in [0.2, 0.25) is 0 Å². The van der Waals surface area contributed by atoms with Gasteiger partial charge in [-0.1, -0.05) is 12.1 Å². The molecule has 5 rings (SSSR count). The van der Waals surface area contributed by atoms with Crippen LogP contribution in [-0.2, 0) is 20.1 Å². The number of nitrogen functional groups attached to an aromatic ring is 1. The topological polar surface area (TPSA) is 117 Å². The maximum Gasteiger partial charge on any atom is 0.274 e. The van der Waals surface area contributed by atoms with Gasteiger partial charge in [-0.15, -0.1) is 0 Å². The minimum Gasteiger partial charge on any atom is -0.399 e. The molecule has 1 aliphatic heterocycles. The number of pyridine rings is 2. The van der Waals surface area contributed by atoms with Gasteiger partial charge in [0.05, 0.1) is 12.3 Å². The fraction of sp³-hybridized carbons (Fsp3) is 0.207. The Morgan fingerprint density at radius 2 is 1.89 bits per heavy atom. The molecule has 38 heavy (non-hydrogen) atoms. The van der Waals surface area contributed by atoms with E-state index in [-0.39, 0.29) is 18.1 Å². The second-order valence-corrected chi connectivity index (χ2v) is 9.56. The van der Waals surface area contributed by atoms with E-state index >= 15 is 0 Å². The molecule has 0 aliphatic carbocycles. The first kappa shape index (κ1) is 25.0. The number of aromatic nitrogens is 2. The van der Waals surface area contributed by atoms with Gasteiger partial charge in [0.25, 0.3) is 11.5 Å². The molecule has 9 heteroatoms. The highest BCUT2D eigenvalue weighted by atomic mass is 16.3. The molecule has 0 bridgehead atoms. The minimum atomic E-state index is -0.274. The van der Waals surface area contributed by atoms with E-state index in [4.69, 9.17) is 5.73 Å². The Kier molecular flexibility index (Phi) is 6.61. The minimum absolute atomic E-state index is 0.0982. The summed E-state index contributed by atoms with van der Waals surface area (Å²) in [5, 5.41) is 13.5. The summed E-state index contributed by atoms with van der Waals surface area (Å²) < 4.78 is 1.47. The molecule has 0 fully saturated rings. The molecule has 9 nitrogen and oxygen atoms in total. The summed E-state index contributed by atoms with van der Waals surface area (Å²) in [6, 6.07) is 16.5. The lowest BCUT2D eigenvalue weighted by Crippen LogP contribution is -2.38. The Morgan fingerprint density at radius 3 is 2.63 bits per heavy atom. The monoisotopic (exact) mass is 510 g/mol. The smallest absolute Gasteiger partial charge is 0.274 e. The number of nitrogens with two attached hydrogens (primary N) is 1. The van der Waals surface area contributed by atoms with Crippen LogP contribution in [0.5, 0.6) is 0 Å². The third-order valence-corrected chi connectivity index (χ3v) is 6.83. The van der Waals surface area contributed by atoms with Gasteiger partial charge in [0.2, 0.25) is 0 Å². The maximum atomic E-state index is 13.6. The number of anilines is 5. The van der Waals surface area contributed by atoms with Crippen molar-refractivity contribution < 1.29 is 9.90 Å². The van der Waals surface area contributed by atoms with Crippen LogP contribution >= 0.6 is 0 Å². The van der Waals surface area contributed by atoms with Crippen molar-refractivity contribution >= 4 is 34.5 Å². The van der Waals surface area contributed by atoms with Crippen molar-refractivity contribution in [3.05, 3.63) is 94.0 Å². The van der Waals surface area contributed by atoms with E-state index in [0.29, 0.717) is 52.5 Å². The van der Waals surface area contributed by atoms with Gasteiger partial charge < -0.3 is 30.5 Å². The number of fused-ring (bicyclic) bond motifs is 1. The summed E-state index contributed by atoms with van der Waals surface area (Å²) in [5.41, 5.74) is 11.9. The number of aryl methyl sites for hydroxylation is 1. The van der Waals surface area contributed by atoms with E-state index in [2.05, 4.69) is 16.4 Å². The number of nitrogens with zero attached hydrogens (tertiary/aromatic N) is 4. The number of aliphatic hydroxyl groups is 1. The molecule has 2 aromatic carbocycles. The molecule has 194 valence electrons. The van der Waals surface area contributed by atoms with Gasteiger partial charge in [-0.25, -0.2) is 4.98 Å². The van der Waals surface area contributed by atoms with Gasteiger partial charge in [-0.05, 0) is 53.9 Å². The van der Waals surface area contributed by atoms with Crippen molar-refractivity contribution in [2.45, 2.75) is 13.0 Å². The molecule has 1 amide bonds. The zero-order valence-corrected chi connectivity index (χ0v) is 21.6. The Balaban J connectivity index is 1.54. The van der Waals surface area contributed by atoms with E-state index in [1.807, 2.05) is 49.3 Å². The summed E-state index contributed by atoms with van der Waals surface area (Å²) >= 11 is 0. The normalized spacial score (nSPS) is 12.8. The fourth-order valence-corrected chi connectivity index (χ4v) is 4.85. The number of benzene rings is 2. The summed E-state index contributed by atoms with van der Waals surface area (Å²) in [6.45, 7) is 0.227. The number of rotatable bonds is 6. The third kappa shape index (κ3) is 4.59. The molecule has 4 N–H and O–H groups in total. The fourth-order valence-electron chi connectivity index (χ4n) is 4.85. The van der Waals surface area contributed by atoms with E-state index in [9.17, 15) is 14.7 Å². The average molecular weight is 511 g/mol. The standard InChI is InChI=1S/C29H30N6O3/c1-33(2)21-7-8-23-18(13-21)10-12-35(28(23)37)26-6-4-5-22(24(26)17-36)19-14-25(29(38)34(3)16-19)32-27-15-20(30)9-11-31-27/h4-9,11,13-16,36H,10,12,17H2,1-3H3,(H3,30,31,32). The van der Waals surface area contributed by atoms with Gasteiger partial charge in [0.1, 0.15) is 11.5 Å². The predicted octanol–water partition coefficient (Wildman–Crippen LogP) is 3.53. The molecule has 4 aromatic rings. The van der Waals surface area contributed by atoms with E-state index in [1.54, 1.807) is 42.5 Å². The predicted molar refractivity (Wildman–Crippen MR) is 151 cm³/mol. The number of aliphatic hydroxyl groups excluding tert-OH is 1. The summed E-state index contributed by atoms with van der Waals surface area (Å²) in [6.07, 6.45) is 3.99. The Labute approximate surface area is 220 Å². The quantitative estimate of drug-likeness (QED) is 0.363. The number of amides is 1. The molecule has 0 radical (unpaired) electrons. The Hall–Kier alpha value is -4.63. The second-order valence-electron chi connectivity index (χ2n) is 9.56. The lowest BCUT2D eigenvalue weighted by molar-refractivity contribution is 0.0980. The summed E-state index contributed by atoms with van der Waals surface area (Å²) in [4.78, 5) is 34.4. The van der Waals surface area contributed by atoms with Crippen molar-refractivity contribution in [3.63, 3.8) is 0 Å². The molecular formula is C29H30N6O3. The summed E-state index contributed by atoms with van der Waals surface area (Å²) in [7, 11) is 5.62. The van der Waals surface area contributed by atoms with Crippen LogP contribution in [0.3, 0.4) is 0 Å². The van der Waals surface area contributed by atoms with Crippen molar-refractivity contribution in [2.75, 3.05) is 41.5 Å². The molecule has 0 spiro atoms. The molecule has 0 unspecified atom stereocenters. The van der Waals surface area contributed by atoms with Gasteiger partial charge in [-0.3, -0.25) is 9.59 Å². The van der Waals surface area contributed by atoms with Crippen LogP contribution in [0.15, 0.2) is 71.8 Å². The lowest BCUT2D eigenvalue weighted by Gasteiger charge is -2.31. The molecule has 2 aromatic heterocycles. The average Bonchev–Trinajstić information content (AvgIpc) is 2.90. The van der Waals surface area contributed by atoms with Crippen LogP contribution in [0.1, 0.15) is 21.5 Å². The first-order valence-electron chi connectivity index (χ1n) is 12.3. The van der Waals surface area contributed by atoms with E-state index < -0.39 is 0 Å². The van der Waals surface area contributed by atoms with Crippen LogP contribution < -0.4 is 26.4 Å². The highest BCUT2D eigenvalue weighted by Gasteiger charge is 2.28. The first-order chi connectivity index (χ1) is 18.3. The number of carbonyl (C=O) groups excluding carboxylic acids is 1. The number of hydrogen-bond donors (Lipinski definition) is 3. The van der Waals surface area contributed by atoms with Crippen LogP contribution in [0.4, 0.5) is 28.6 Å². The number of nitrogens with one attached hydrogen (secondary N) is 1. The molecule has 0 atom stereocenters.